The summed E-state index contributed by atoms with van der Waals surface area (Å²) in [6.45, 7) is 5.11. The van der Waals surface area contributed by atoms with E-state index in [0.717, 1.165) is 11.3 Å². The lowest BCUT2D eigenvalue weighted by Gasteiger charge is -2.12. The number of nitriles is 1. The van der Waals surface area contributed by atoms with Crippen molar-refractivity contribution in [2.45, 2.75) is 20.4 Å². The van der Waals surface area contributed by atoms with Crippen molar-refractivity contribution < 1.29 is 19.0 Å². The molecular weight excluding hydrogens is 370 g/mol. The molecule has 152 valence electrons. The van der Waals surface area contributed by atoms with Crippen LogP contribution in [0.1, 0.15) is 19.4 Å². The number of hydrogen-bond donors (Lipinski definition) is 2. The molecule has 29 heavy (non-hydrogen) atoms. The second-order valence-corrected chi connectivity index (χ2v) is 5.87. The monoisotopic (exact) mass is 395 g/mol. The summed E-state index contributed by atoms with van der Waals surface area (Å²) in [7, 11) is 1.59. The van der Waals surface area contributed by atoms with Gasteiger partial charge in [-0.1, -0.05) is 12.1 Å². The van der Waals surface area contributed by atoms with Crippen molar-refractivity contribution in [2.75, 3.05) is 25.6 Å². The van der Waals surface area contributed by atoms with E-state index in [4.69, 9.17) is 14.2 Å². The number of nitrogens with one attached hydrogen (secondary N) is 2. The number of methoxy groups -OCH3 is 1. The molecule has 0 unspecified atom stereocenters. The zero-order valence-electron chi connectivity index (χ0n) is 16.8. The number of carbonyl (C=O) groups excluding carboxylic acids is 1. The fraction of sp³-hybridized carbons (Fsp3) is 0.273. The first-order chi connectivity index (χ1) is 14.1. The van der Waals surface area contributed by atoms with Crippen molar-refractivity contribution in [3.63, 3.8) is 0 Å². The molecule has 0 aliphatic heterocycles. The summed E-state index contributed by atoms with van der Waals surface area (Å²) in [6.07, 6.45) is 1.37. The highest BCUT2D eigenvalue weighted by molar-refractivity contribution is 5.97. The van der Waals surface area contributed by atoms with Crippen molar-refractivity contribution in [1.82, 2.24) is 5.32 Å². The van der Waals surface area contributed by atoms with Gasteiger partial charge in [-0.3, -0.25) is 4.79 Å². The molecule has 0 atom stereocenters. The first-order valence-corrected chi connectivity index (χ1v) is 9.28. The molecule has 0 aliphatic rings. The van der Waals surface area contributed by atoms with Crippen LogP contribution < -0.4 is 24.8 Å². The number of hydrogen-bond acceptors (Lipinski definition) is 6. The second kappa shape index (κ2) is 11.2. The summed E-state index contributed by atoms with van der Waals surface area (Å²) < 4.78 is 16.2. The van der Waals surface area contributed by atoms with E-state index in [1.54, 1.807) is 25.3 Å². The summed E-state index contributed by atoms with van der Waals surface area (Å²) in [5, 5.41) is 15.0. The van der Waals surface area contributed by atoms with Crippen molar-refractivity contribution in [1.29, 1.82) is 5.26 Å². The topological polar surface area (TPSA) is 92.6 Å². The summed E-state index contributed by atoms with van der Waals surface area (Å²) >= 11 is 0. The van der Waals surface area contributed by atoms with E-state index < -0.39 is 5.91 Å². The zero-order chi connectivity index (χ0) is 21.1. The average Bonchev–Trinajstić information content (AvgIpc) is 2.75. The zero-order valence-corrected chi connectivity index (χ0v) is 16.8. The van der Waals surface area contributed by atoms with Crippen LogP contribution in [-0.4, -0.2) is 26.2 Å². The van der Waals surface area contributed by atoms with Gasteiger partial charge < -0.3 is 24.8 Å². The highest BCUT2D eigenvalue weighted by Gasteiger charge is 2.10. The van der Waals surface area contributed by atoms with Crippen LogP contribution in [0.15, 0.2) is 54.2 Å². The van der Waals surface area contributed by atoms with E-state index in [1.165, 1.54) is 6.20 Å². The summed E-state index contributed by atoms with van der Waals surface area (Å²) in [6, 6.07) is 14.6. The molecule has 0 spiro atoms. The Morgan fingerprint density at radius 3 is 2.38 bits per heavy atom. The van der Waals surface area contributed by atoms with Gasteiger partial charge in [0.2, 0.25) is 0 Å². The largest absolute Gasteiger partial charge is 0.497 e. The third kappa shape index (κ3) is 6.47. The van der Waals surface area contributed by atoms with Gasteiger partial charge >= 0.3 is 0 Å². The molecule has 2 rings (SSSR count). The molecule has 0 aromatic heterocycles. The number of nitrogens with zero attached hydrogens (tertiary/aromatic N) is 1. The Morgan fingerprint density at radius 1 is 1.07 bits per heavy atom. The predicted octanol–water partition coefficient (Wildman–Crippen LogP) is 3.63. The lowest BCUT2D eigenvalue weighted by molar-refractivity contribution is -0.117. The molecule has 1 amide bonds. The van der Waals surface area contributed by atoms with Crippen LogP contribution in [0.4, 0.5) is 5.69 Å². The molecule has 2 aromatic carbocycles. The lowest BCUT2D eigenvalue weighted by Crippen LogP contribution is -2.24. The minimum atomic E-state index is -0.466. The molecule has 7 nitrogen and oxygen atoms in total. The van der Waals surface area contributed by atoms with Gasteiger partial charge in [-0.25, -0.2) is 0 Å². The molecule has 0 heterocycles. The molecule has 0 aliphatic carbocycles. The molecule has 0 radical (unpaired) electrons. The number of carbonyl (C=O) groups is 1. The van der Waals surface area contributed by atoms with E-state index in [-0.39, 0.29) is 5.57 Å². The van der Waals surface area contributed by atoms with Crippen LogP contribution in [0, 0.1) is 11.3 Å². The van der Waals surface area contributed by atoms with Crippen LogP contribution in [0.5, 0.6) is 17.2 Å². The van der Waals surface area contributed by atoms with Gasteiger partial charge in [-0.15, -0.1) is 0 Å². The van der Waals surface area contributed by atoms with Gasteiger partial charge in [0.25, 0.3) is 5.91 Å². The van der Waals surface area contributed by atoms with Crippen LogP contribution in [0.3, 0.4) is 0 Å². The fourth-order valence-corrected chi connectivity index (χ4v) is 2.47. The summed E-state index contributed by atoms with van der Waals surface area (Å²) in [5.41, 5.74) is 1.54. The lowest BCUT2D eigenvalue weighted by atomic mass is 10.2. The van der Waals surface area contributed by atoms with Crippen LogP contribution >= 0.6 is 0 Å². The van der Waals surface area contributed by atoms with Gasteiger partial charge in [0.05, 0.1) is 20.3 Å². The van der Waals surface area contributed by atoms with Crippen LogP contribution in [-0.2, 0) is 11.3 Å². The predicted molar refractivity (Wildman–Crippen MR) is 111 cm³/mol. The molecule has 0 saturated heterocycles. The van der Waals surface area contributed by atoms with Gasteiger partial charge in [0, 0.05) is 24.5 Å². The average molecular weight is 395 g/mol. The standard InChI is InChI=1S/C22H25N3O4/c1-4-28-20-11-8-18(12-21(20)29-5-2)24-15-17(13-23)22(26)25-14-16-6-9-19(27-3)10-7-16/h6-12,15,24H,4-5,14H2,1-3H3,(H,25,26)/b17-15-. The third-order valence-electron chi connectivity index (χ3n) is 3.90. The molecule has 7 heteroatoms. The maximum Gasteiger partial charge on any atom is 0.263 e. The van der Waals surface area contributed by atoms with Gasteiger partial charge in [-0.05, 0) is 43.7 Å². The maximum absolute atomic E-state index is 12.3. The third-order valence-corrected chi connectivity index (χ3v) is 3.90. The first-order valence-electron chi connectivity index (χ1n) is 9.28. The van der Waals surface area contributed by atoms with E-state index >= 15 is 0 Å². The molecular formula is C22H25N3O4. The van der Waals surface area contributed by atoms with E-state index in [1.807, 2.05) is 44.2 Å². The minimum Gasteiger partial charge on any atom is -0.497 e. The minimum absolute atomic E-state index is 0.0367. The SMILES string of the molecule is CCOc1ccc(N/C=C(/C#N)C(=O)NCc2ccc(OC)cc2)cc1OCC. The van der Waals surface area contributed by atoms with Crippen molar-refractivity contribution >= 4 is 11.6 Å². The Morgan fingerprint density at radius 2 is 1.76 bits per heavy atom. The molecule has 2 aromatic rings. The smallest absolute Gasteiger partial charge is 0.263 e. The number of benzene rings is 2. The summed E-state index contributed by atoms with van der Waals surface area (Å²) in [4.78, 5) is 12.3. The van der Waals surface area contributed by atoms with Gasteiger partial charge in [-0.2, -0.15) is 5.26 Å². The molecule has 0 fully saturated rings. The Bertz CT molecular complexity index is 886. The number of amides is 1. The maximum atomic E-state index is 12.3. The summed E-state index contributed by atoms with van der Waals surface area (Å²) in [5.74, 6) is 1.51. The van der Waals surface area contributed by atoms with Crippen molar-refractivity contribution in [3.8, 4) is 23.3 Å². The Hall–Kier alpha value is -3.66. The van der Waals surface area contributed by atoms with Crippen molar-refractivity contribution in [3.05, 3.63) is 59.8 Å². The quantitative estimate of drug-likeness (QED) is 0.471. The Labute approximate surface area is 170 Å². The first kappa shape index (κ1) is 21.6. The van der Waals surface area contributed by atoms with Gasteiger partial charge in [0.1, 0.15) is 17.4 Å². The van der Waals surface area contributed by atoms with Gasteiger partial charge in [0.15, 0.2) is 11.5 Å². The molecule has 2 N–H and O–H groups in total. The van der Waals surface area contributed by atoms with E-state index in [2.05, 4.69) is 10.6 Å². The normalized spacial score (nSPS) is 10.6. The van der Waals surface area contributed by atoms with Crippen molar-refractivity contribution in [2.24, 2.45) is 0 Å². The molecule has 0 bridgehead atoms. The second-order valence-electron chi connectivity index (χ2n) is 5.87. The Balaban J connectivity index is 2.02. The van der Waals surface area contributed by atoms with E-state index in [9.17, 15) is 10.1 Å². The van der Waals surface area contributed by atoms with Crippen LogP contribution in [0.25, 0.3) is 0 Å². The Kier molecular flexibility index (Phi) is 8.39. The molecule has 0 saturated carbocycles. The van der Waals surface area contributed by atoms with E-state index in [0.29, 0.717) is 36.9 Å². The number of anilines is 1. The number of rotatable bonds is 10. The highest BCUT2D eigenvalue weighted by Crippen LogP contribution is 2.30. The number of ether oxygens (including phenoxy) is 3. The fourth-order valence-electron chi connectivity index (χ4n) is 2.47. The highest BCUT2D eigenvalue weighted by atomic mass is 16.5. The van der Waals surface area contributed by atoms with Crippen LogP contribution in [0.2, 0.25) is 0 Å².